The topological polar surface area (TPSA) is 68.3 Å². The molecule has 0 bridgehead atoms. The van der Waals surface area contributed by atoms with Crippen molar-refractivity contribution in [3.8, 4) is 11.5 Å². The van der Waals surface area contributed by atoms with E-state index < -0.39 is 0 Å². The number of benzene rings is 3. The molecule has 1 unspecified atom stereocenters. The number of nitrogens with zero attached hydrogens (tertiary/aromatic N) is 2. The molecule has 0 amide bonds. The Kier molecular flexibility index (Phi) is 9.87. The first-order chi connectivity index (χ1) is 18.9. The SMILES string of the molecule is COc1ccc(C(C)=O)cc1CN(Cc1cc(C(C)=O)ccc1OC)C(CN1CCOCC1)c1ccccc1. The van der Waals surface area contributed by atoms with Crippen LogP contribution in [0.15, 0.2) is 66.7 Å². The van der Waals surface area contributed by atoms with Crippen LogP contribution in [-0.4, -0.2) is 68.4 Å². The first-order valence-electron chi connectivity index (χ1n) is 13.3. The maximum atomic E-state index is 12.3. The van der Waals surface area contributed by atoms with Crippen molar-refractivity contribution in [1.29, 1.82) is 0 Å². The molecule has 7 heteroatoms. The normalized spacial score (nSPS) is 14.7. The molecule has 0 aliphatic carbocycles. The summed E-state index contributed by atoms with van der Waals surface area (Å²) in [5.74, 6) is 1.48. The third kappa shape index (κ3) is 7.32. The number of hydrogen-bond acceptors (Lipinski definition) is 7. The van der Waals surface area contributed by atoms with E-state index in [0.717, 1.165) is 42.3 Å². The van der Waals surface area contributed by atoms with Gasteiger partial charge in [0.2, 0.25) is 0 Å². The van der Waals surface area contributed by atoms with E-state index in [2.05, 4.69) is 34.1 Å². The Labute approximate surface area is 231 Å². The molecule has 1 heterocycles. The molecule has 39 heavy (non-hydrogen) atoms. The zero-order valence-electron chi connectivity index (χ0n) is 23.3. The maximum Gasteiger partial charge on any atom is 0.159 e. The summed E-state index contributed by atoms with van der Waals surface area (Å²) in [6, 6.07) is 21.7. The molecule has 1 aliphatic heterocycles. The number of methoxy groups -OCH3 is 2. The Morgan fingerprint density at radius 2 is 1.33 bits per heavy atom. The number of rotatable bonds is 12. The van der Waals surface area contributed by atoms with E-state index in [0.29, 0.717) is 37.4 Å². The predicted molar refractivity (Wildman–Crippen MR) is 152 cm³/mol. The third-order valence-corrected chi connectivity index (χ3v) is 7.28. The summed E-state index contributed by atoms with van der Waals surface area (Å²) in [4.78, 5) is 29.3. The number of carbonyl (C=O) groups excluding carboxylic acids is 2. The van der Waals surface area contributed by atoms with Gasteiger partial charge in [0, 0.05) is 61.0 Å². The highest BCUT2D eigenvalue weighted by atomic mass is 16.5. The van der Waals surface area contributed by atoms with Crippen LogP contribution in [0, 0.1) is 0 Å². The minimum Gasteiger partial charge on any atom is -0.496 e. The minimum absolute atomic E-state index is 0.00853. The van der Waals surface area contributed by atoms with Crippen LogP contribution in [0.4, 0.5) is 0 Å². The number of ketones is 2. The Balaban J connectivity index is 1.81. The van der Waals surface area contributed by atoms with E-state index in [1.165, 1.54) is 5.56 Å². The van der Waals surface area contributed by atoms with Crippen molar-refractivity contribution in [1.82, 2.24) is 9.80 Å². The maximum absolute atomic E-state index is 12.3. The molecule has 3 aromatic carbocycles. The van der Waals surface area contributed by atoms with Gasteiger partial charge in [-0.2, -0.15) is 0 Å². The molecule has 1 atom stereocenters. The molecule has 0 saturated carbocycles. The van der Waals surface area contributed by atoms with E-state index in [9.17, 15) is 9.59 Å². The minimum atomic E-state index is 0.00853. The molecule has 7 nitrogen and oxygen atoms in total. The lowest BCUT2D eigenvalue weighted by atomic mass is 9.99. The number of carbonyl (C=O) groups is 2. The Hall–Kier alpha value is -3.52. The molecule has 1 saturated heterocycles. The average Bonchev–Trinajstić information content (AvgIpc) is 2.96. The average molecular weight is 531 g/mol. The third-order valence-electron chi connectivity index (χ3n) is 7.28. The summed E-state index contributed by atoms with van der Waals surface area (Å²) in [6.07, 6.45) is 0. The van der Waals surface area contributed by atoms with Gasteiger partial charge < -0.3 is 14.2 Å². The van der Waals surface area contributed by atoms with Crippen LogP contribution >= 0.6 is 0 Å². The van der Waals surface area contributed by atoms with Gasteiger partial charge in [-0.25, -0.2) is 0 Å². The first kappa shape index (κ1) is 28.5. The molecule has 0 spiro atoms. The Morgan fingerprint density at radius 3 is 1.79 bits per heavy atom. The largest absolute Gasteiger partial charge is 0.496 e. The van der Waals surface area contributed by atoms with Crippen molar-refractivity contribution < 1.29 is 23.8 Å². The van der Waals surface area contributed by atoms with Gasteiger partial charge in [-0.05, 0) is 55.8 Å². The molecule has 3 aromatic rings. The fraction of sp³-hybridized carbons (Fsp3) is 0.375. The van der Waals surface area contributed by atoms with Crippen molar-refractivity contribution in [2.75, 3.05) is 47.1 Å². The van der Waals surface area contributed by atoms with Crippen molar-refractivity contribution >= 4 is 11.6 Å². The lowest BCUT2D eigenvalue weighted by Gasteiger charge is -2.38. The summed E-state index contributed by atoms with van der Waals surface area (Å²) in [7, 11) is 3.30. The first-order valence-corrected chi connectivity index (χ1v) is 13.3. The van der Waals surface area contributed by atoms with Gasteiger partial charge >= 0.3 is 0 Å². The van der Waals surface area contributed by atoms with Gasteiger partial charge in [0.1, 0.15) is 11.5 Å². The molecule has 0 aromatic heterocycles. The quantitative estimate of drug-likeness (QED) is 0.299. The molecule has 1 fully saturated rings. The van der Waals surface area contributed by atoms with Gasteiger partial charge in [-0.1, -0.05) is 30.3 Å². The zero-order valence-corrected chi connectivity index (χ0v) is 23.3. The second kappa shape index (κ2) is 13.5. The predicted octanol–water partition coefficient (Wildman–Crippen LogP) is 5.18. The standard InChI is InChI=1S/C32H38N2O5/c1-23(35)26-10-12-31(37-3)28(18-26)20-34(21-29-19-27(24(2)36)11-13-32(29)38-4)30(25-8-6-5-7-9-25)22-33-14-16-39-17-15-33/h5-13,18-19,30H,14-17,20-22H2,1-4H3. The van der Waals surface area contributed by atoms with Crippen molar-refractivity contribution in [2.45, 2.75) is 33.0 Å². The lowest BCUT2D eigenvalue weighted by Crippen LogP contribution is -2.43. The van der Waals surface area contributed by atoms with Crippen molar-refractivity contribution in [2.24, 2.45) is 0 Å². The highest BCUT2D eigenvalue weighted by Gasteiger charge is 2.27. The highest BCUT2D eigenvalue weighted by Crippen LogP contribution is 2.32. The van der Waals surface area contributed by atoms with E-state index in [1.807, 2.05) is 30.3 Å². The van der Waals surface area contributed by atoms with Gasteiger partial charge in [0.05, 0.1) is 27.4 Å². The molecule has 1 aliphatic rings. The zero-order chi connectivity index (χ0) is 27.8. The summed E-state index contributed by atoms with van der Waals surface area (Å²) in [5, 5.41) is 0. The van der Waals surface area contributed by atoms with Gasteiger partial charge in [-0.15, -0.1) is 0 Å². The van der Waals surface area contributed by atoms with Crippen LogP contribution in [0.25, 0.3) is 0 Å². The van der Waals surface area contributed by atoms with Crippen LogP contribution < -0.4 is 9.47 Å². The van der Waals surface area contributed by atoms with Gasteiger partial charge in [0.15, 0.2) is 11.6 Å². The Bertz CT molecular complexity index is 1200. The van der Waals surface area contributed by atoms with Crippen molar-refractivity contribution in [3.63, 3.8) is 0 Å². The molecular formula is C32H38N2O5. The molecule has 4 rings (SSSR count). The highest BCUT2D eigenvalue weighted by molar-refractivity contribution is 5.95. The second-order valence-electron chi connectivity index (χ2n) is 9.91. The van der Waals surface area contributed by atoms with Crippen LogP contribution in [0.1, 0.15) is 57.3 Å². The summed E-state index contributed by atoms with van der Waals surface area (Å²) in [6.45, 7) is 8.17. The monoisotopic (exact) mass is 530 g/mol. The fourth-order valence-electron chi connectivity index (χ4n) is 5.09. The molecule has 0 N–H and O–H groups in total. The van der Waals surface area contributed by atoms with E-state index in [4.69, 9.17) is 14.2 Å². The van der Waals surface area contributed by atoms with Crippen molar-refractivity contribution in [3.05, 3.63) is 94.5 Å². The summed E-state index contributed by atoms with van der Waals surface area (Å²) < 4.78 is 17.1. The fourth-order valence-corrected chi connectivity index (χ4v) is 5.09. The number of ether oxygens (including phenoxy) is 3. The van der Waals surface area contributed by atoms with Crippen LogP contribution in [0.3, 0.4) is 0 Å². The summed E-state index contributed by atoms with van der Waals surface area (Å²) >= 11 is 0. The lowest BCUT2D eigenvalue weighted by molar-refractivity contribution is 0.0196. The van der Waals surface area contributed by atoms with Gasteiger partial charge in [-0.3, -0.25) is 19.4 Å². The van der Waals surface area contributed by atoms with Crippen LogP contribution in [0.2, 0.25) is 0 Å². The smallest absolute Gasteiger partial charge is 0.159 e. The molecular weight excluding hydrogens is 492 g/mol. The van der Waals surface area contributed by atoms with E-state index in [1.54, 1.807) is 40.2 Å². The van der Waals surface area contributed by atoms with Crippen LogP contribution in [-0.2, 0) is 17.8 Å². The number of hydrogen-bond donors (Lipinski definition) is 0. The summed E-state index contributed by atoms with van der Waals surface area (Å²) in [5.41, 5.74) is 4.33. The van der Waals surface area contributed by atoms with Crippen LogP contribution in [0.5, 0.6) is 11.5 Å². The number of morpholine rings is 1. The van der Waals surface area contributed by atoms with Gasteiger partial charge in [0.25, 0.3) is 0 Å². The second-order valence-corrected chi connectivity index (χ2v) is 9.91. The Morgan fingerprint density at radius 1 is 0.821 bits per heavy atom. The van der Waals surface area contributed by atoms with E-state index in [-0.39, 0.29) is 17.6 Å². The van der Waals surface area contributed by atoms with E-state index >= 15 is 0 Å². The molecule has 0 radical (unpaired) electrons. The molecule has 206 valence electrons. The number of Topliss-reactive ketones (excluding diaryl/α,β-unsaturated/α-hetero) is 2.